The van der Waals surface area contributed by atoms with Crippen molar-refractivity contribution in [1.82, 2.24) is 4.90 Å². The van der Waals surface area contributed by atoms with Crippen LogP contribution in [-0.4, -0.2) is 30.4 Å². The van der Waals surface area contributed by atoms with Gasteiger partial charge in [0.15, 0.2) is 0 Å². The first-order valence-electron chi connectivity index (χ1n) is 7.92. The Kier molecular flexibility index (Phi) is 5.62. The number of nitrogens with zero attached hydrogens (tertiary/aromatic N) is 1. The Bertz CT molecular complexity index is 479. The molecule has 0 saturated heterocycles. The molecule has 1 aliphatic carbocycles. The summed E-state index contributed by atoms with van der Waals surface area (Å²) in [5.41, 5.74) is 8.39. The molecule has 0 radical (unpaired) electrons. The highest BCUT2D eigenvalue weighted by molar-refractivity contribution is 5.92. The number of amides is 1. The van der Waals surface area contributed by atoms with E-state index >= 15 is 0 Å². The molecule has 0 bridgehead atoms. The first-order valence-corrected chi connectivity index (χ1v) is 7.92. The zero-order chi connectivity index (χ0) is 15.2. The van der Waals surface area contributed by atoms with E-state index in [1.165, 1.54) is 38.5 Å². The summed E-state index contributed by atoms with van der Waals surface area (Å²) in [6.07, 6.45) is 7.65. The first-order chi connectivity index (χ1) is 10.1. The normalized spacial score (nSPS) is 16.7. The van der Waals surface area contributed by atoms with Crippen molar-refractivity contribution in [1.29, 1.82) is 0 Å². The minimum absolute atomic E-state index is 0.0324. The maximum absolute atomic E-state index is 12.2. The van der Waals surface area contributed by atoms with Gasteiger partial charge in [0.1, 0.15) is 0 Å². The molecule has 0 unspecified atom stereocenters. The summed E-state index contributed by atoms with van der Waals surface area (Å²) >= 11 is 0. The largest absolute Gasteiger partial charge is 0.398 e. The highest BCUT2D eigenvalue weighted by Gasteiger charge is 2.18. The molecule has 0 aliphatic heterocycles. The lowest BCUT2D eigenvalue weighted by Gasteiger charge is -2.26. The van der Waals surface area contributed by atoms with Crippen molar-refractivity contribution in [2.24, 2.45) is 0 Å². The lowest BCUT2D eigenvalue weighted by atomic mass is 10.1. The van der Waals surface area contributed by atoms with Crippen LogP contribution in [0.4, 0.5) is 11.4 Å². The quantitative estimate of drug-likeness (QED) is 0.661. The van der Waals surface area contributed by atoms with Gasteiger partial charge < -0.3 is 11.1 Å². The number of hydrogen-bond donors (Lipinski definition) is 2. The summed E-state index contributed by atoms with van der Waals surface area (Å²) in [4.78, 5) is 14.3. The third-order valence-corrected chi connectivity index (χ3v) is 4.40. The number of anilines is 2. The van der Waals surface area contributed by atoms with E-state index in [4.69, 9.17) is 5.73 Å². The van der Waals surface area contributed by atoms with Crippen LogP contribution in [0.15, 0.2) is 18.2 Å². The fourth-order valence-corrected chi connectivity index (χ4v) is 2.97. The summed E-state index contributed by atoms with van der Waals surface area (Å²) in [6.45, 7) is 2.40. The Hall–Kier alpha value is -1.55. The topological polar surface area (TPSA) is 58.4 Å². The highest BCUT2D eigenvalue weighted by atomic mass is 16.2. The standard InChI is InChI=1S/C17H27N3O/c1-13-9-10-14(11-16(13)18)19-17(21)12-20(2)15-7-5-3-4-6-8-15/h9-11,15H,3-8,12,18H2,1-2H3,(H,19,21). The van der Waals surface area contributed by atoms with Crippen LogP contribution >= 0.6 is 0 Å². The Balaban J connectivity index is 1.86. The van der Waals surface area contributed by atoms with Gasteiger partial charge in [-0.2, -0.15) is 0 Å². The van der Waals surface area contributed by atoms with Gasteiger partial charge in [-0.1, -0.05) is 31.7 Å². The summed E-state index contributed by atoms with van der Waals surface area (Å²) in [7, 11) is 2.05. The van der Waals surface area contributed by atoms with Gasteiger partial charge in [0.2, 0.25) is 5.91 Å². The van der Waals surface area contributed by atoms with E-state index in [1.807, 2.05) is 25.1 Å². The molecule has 4 heteroatoms. The zero-order valence-electron chi connectivity index (χ0n) is 13.2. The van der Waals surface area contributed by atoms with E-state index in [0.29, 0.717) is 18.3 Å². The van der Waals surface area contributed by atoms with E-state index in [-0.39, 0.29) is 5.91 Å². The lowest BCUT2D eigenvalue weighted by Crippen LogP contribution is -2.37. The van der Waals surface area contributed by atoms with Crippen LogP contribution in [0.25, 0.3) is 0 Å². The molecule has 1 amide bonds. The maximum atomic E-state index is 12.2. The molecule has 1 aromatic carbocycles. The van der Waals surface area contributed by atoms with Crippen LogP contribution in [-0.2, 0) is 4.79 Å². The van der Waals surface area contributed by atoms with E-state index in [2.05, 4.69) is 17.3 Å². The van der Waals surface area contributed by atoms with Crippen LogP contribution in [0, 0.1) is 6.92 Å². The smallest absolute Gasteiger partial charge is 0.238 e. The molecule has 0 heterocycles. The fraction of sp³-hybridized carbons (Fsp3) is 0.588. The molecule has 3 N–H and O–H groups in total. The molecule has 116 valence electrons. The summed E-state index contributed by atoms with van der Waals surface area (Å²) < 4.78 is 0. The molecule has 21 heavy (non-hydrogen) atoms. The van der Waals surface area contributed by atoms with E-state index in [0.717, 1.165) is 11.3 Å². The van der Waals surface area contributed by atoms with Crippen LogP contribution in [0.5, 0.6) is 0 Å². The molecule has 0 atom stereocenters. The zero-order valence-corrected chi connectivity index (χ0v) is 13.2. The number of hydrogen-bond acceptors (Lipinski definition) is 3. The van der Waals surface area contributed by atoms with Gasteiger partial charge in [-0.25, -0.2) is 0 Å². The van der Waals surface area contributed by atoms with Gasteiger partial charge in [0, 0.05) is 17.4 Å². The van der Waals surface area contributed by atoms with Crippen LogP contribution in [0.1, 0.15) is 44.1 Å². The minimum atomic E-state index is 0.0324. The number of nitrogens with one attached hydrogen (secondary N) is 1. The monoisotopic (exact) mass is 289 g/mol. The maximum Gasteiger partial charge on any atom is 0.238 e. The van der Waals surface area contributed by atoms with Crippen molar-refractivity contribution in [2.75, 3.05) is 24.6 Å². The van der Waals surface area contributed by atoms with E-state index in [9.17, 15) is 4.79 Å². The number of benzene rings is 1. The van der Waals surface area contributed by atoms with Gasteiger partial charge in [-0.15, -0.1) is 0 Å². The van der Waals surface area contributed by atoms with Crippen LogP contribution in [0.2, 0.25) is 0 Å². The van der Waals surface area contributed by atoms with Gasteiger partial charge in [0.25, 0.3) is 0 Å². The summed E-state index contributed by atoms with van der Waals surface area (Å²) in [6, 6.07) is 6.19. The van der Waals surface area contributed by atoms with Gasteiger partial charge in [-0.3, -0.25) is 9.69 Å². The van der Waals surface area contributed by atoms with Crippen molar-refractivity contribution in [2.45, 2.75) is 51.5 Å². The predicted molar refractivity (Wildman–Crippen MR) is 88.3 cm³/mol. The van der Waals surface area contributed by atoms with Crippen molar-refractivity contribution < 1.29 is 4.79 Å². The highest BCUT2D eigenvalue weighted by Crippen LogP contribution is 2.21. The lowest BCUT2D eigenvalue weighted by molar-refractivity contribution is -0.117. The SMILES string of the molecule is Cc1ccc(NC(=O)CN(C)C2CCCCCC2)cc1N. The number of nitrogen functional groups attached to an aromatic ring is 1. The van der Waals surface area contributed by atoms with Gasteiger partial charge in [0.05, 0.1) is 6.54 Å². The van der Waals surface area contributed by atoms with Crippen LogP contribution in [0.3, 0.4) is 0 Å². The number of carbonyl (C=O) groups is 1. The number of aryl methyl sites for hydroxylation is 1. The molecular formula is C17H27N3O. The Morgan fingerprint density at radius 1 is 1.29 bits per heavy atom. The molecule has 2 rings (SSSR count). The molecule has 1 aromatic rings. The molecule has 1 aliphatic rings. The molecule has 1 fully saturated rings. The van der Waals surface area contributed by atoms with Crippen molar-refractivity contribution >= 4 is 17.3 Å². The van der Waals surface area contributed by atoms with Gasteiger partial charge >= 0.3 is 0 Å². The van der Waals surface area contributed by atoms with Gasteiger partial charge in [-0.05, 0) is 44.5 Å². The Morgan fingerprint density at radius 3 is 2.57 bits per heavy atom. The van der Waals surface area contributed by atoms with Crippen molar-refractivity contribution in [3.63, 3.8) is 0 Å². The second kappa shape index (κ2) is 7.46. The number of nitrogens with two attached hydrogens (primary N) is 1. The molecule has 1 saturated carbocycles. The predicted octanol–water partition coefficient (Wildman–Crippen LogP) is 3.17. The summed E-state index contributed by atoms with van der Waals surface area (Å²) in [5, 5.41) is 2.93. The molecular weight excluding hydrogens is 262 g/mol. The molecule has 4 nitrogen and oxygen atoms in total. The third-order valence-electron chi connectivity index (χ3n) is 4.40. The van der Waals surface area contributed by atoms with Crippen LogP contribution < -0.4 is 11.1 Å². The van der Waals surface area contributed by atoms with E-state index in [1.54, 1.807) is 0 Å². The first kappa shape index (κ1) is 15.8. The average molecular weight is 289 g/mol. The number of likely N-dealkylation sites (N-methyl/N-ethyl adjacent to an activating group) is 1. The van der Waals surface area contributed by atoms with E-state index < -0.39 is 0 Å². The molecule has 0 spiro atoms. The fourth-order valence-electron chi connectivity index (χ4n) is 2.97. The number of carbonyl (C=O) groups excluding carboxylic acids is 1. The second-order valence-electron chi connectivity index (χ2n) is 6.18. The second-order valence-corrected chi connectivity index (χ2v) is 6.18. The third kappa shape index (κ3) is 4.74. The minimum Gasteiger partial charge on any atom is -0.398 e. The Labute approximate surface area is 127 Å². The summed E-state index contributed by atoms with van der Waals surface area (Å²) in [5.74, 6) is 0.0324. The Morgan fingerprint density at radius 2 is 1.95 bits per heavy atom. The average Bonchev–Trinajstić information content (AvgIpc) is 2.72. The number of rotatable bonds is 4. The van der Waals surface area contributed by atoms with Crippen molar-refractivity contribution in [3.8, 4) is 0 Å². The molecule has 0 aromatic heterocycles. The van der Waals surface area contributed by atoms with Crippen molar-refractivity contribution in [3.05, 3.63) is 23.8 Å².